The van der Waals surface area contributed by atoms with Gasteiger partial charge in [-0.25, -0.2) is 4.79 Å². The molecule has 0 bridgehead atoms. The van der Waals surface area contributed by atoms with E-state index in [0.717, 1.165) is 24.3 Å². The molecule has 2 N–H and O–H groups in total. The molecule has 0 unspecified atom stereocenters. The molecule has 22 heavy (non-hydrogen) atoms. The Balaban J connectivity index is 1.88. The minimum Gasteiger partial charge on any atom is -0.497 e. The molecule has 3 amide bonds. The van der Waals surface area contributed by atoms with Crippen LogP contribution in [0.2, 0.25) is 0 Å². The van der Waals surface area contributed by atoms with Gasteiger partial charge in [0.25, 0.3) is 0 Å². The number of hydrogen-bond acceptors (Lipinski definition) is 3. The molecule has 1 heterocycles. The van der Waals surface area contributed by atoms with Crippen LogP contribution < -0.4 is 20.3 Å². The van der Waals surface area contributed by atoms with Crippen LogP contribution in [0.4, 0.5) is 10.5 Å². The third kappa shape index (κ3) is 4.13. The van der Waals surface area contributed by atoms with Gasteiger partial charge in [-0.3, -0.25) is 4.79 Å². The molecule has 1 atom stereocenters. The second-order valence-corrected chi connectivity index (χ2v) is 5.36. The zero-order valence-electron chi connectivity index (χ0n) is 13.1. The Hall–Kier alpha value is -2.24. The molecule has 0 aliphatic carbocycles. The van der Waals surface area contributed by atoms with Gasteiger partial charge in [0.15, 0.2) is 0 Å². The highest BCUT2D eigenvalue weighted by atomic mass is 16.5. The van der Waals surface area contributed by atoms with E-state index in [9.17, 15) is 9.59 Å². The molecule has 1 aromatic carbocycles. The highest BCUT2D eigenvalue weighted by molar-refractivity contribution is 5.96. The van der Waals surface area contributed by atoms with E-state index < -0.39 is 0 Å². The lowest BCUT2D eigenvalue weighted by Crippen LogP contribution is -2.43. The monoisotopic (exact) mass is 305 g/mol. The molecule has 1 fully saturated rings. The first-order valence-corrected chi connectivity index (χ1v) is 7.62. The minimum absolute atomic E-state index is 0.0176. The number of urea groups is 1. The Morgan fingerprint density at radius 3 is 2.73 bits per heavy atom. The summed E-state index contributed by atoms with van der Waals surface area (Å²) >= 11 is 0. The average Bonchev–Trinajstić information content (AvgIpc) is 2.88. The maximum absolute atomic E-state index is 12.1. The summed E-state index contributed by atoms with van der Waals surface area (Å²) in [6, 6.07) is 6.97. The quantitative estimate of drug-likeness (QED) is 0.789. The summed E-state index contributed by atoms with van der Waals surface area (Å²) in [6.07, 6.45) is 2.32. The first kappa shape index (κ1) is 16.1. The highest BCUT2D eigenvalue weighted by Gasteiger charge is 2.31. The van der Waals surface area contributed by atoms with Gasteiger partial charge in [-0.05, 0) is 30.7 Å². The molecular weight excluding hydrogens is 282 g/mol. The minimum atomic E-state index is -0.206. The topological polar surface area (TPSA) is 70.7 Å². The van der Waals surface area contributed by atoms with Crippen LogP contribution in [-0.2, 0) is 4.79 Å². The first-order chi connectivity index (χ1) is 10.6. The second kappa shape index (κ2) is 7.68. The number of carbonyl (C=O) groups is 2. The number of ether oxygens (including phenoxy) is 1. The number of amides is 3. The number of carbonyl (C=O) groups excluding carboxylic acids is 2. The fraction of sp³-hybridized carbons (Fsp3) is 0.500. The van der Waals surface area contributed by atoms with Gasteiger partial charge in [0, 0.05) is 25.2 Å². The number of unbranched alkanes of at least 4 members (excludes halogenated alkanes) is 1. The normalized spacial score (nSPS) is 17.5. The lowest BCUT2D eigenvalue weighted by Gasteiger charge is -2.17. The molecular formula is C16H23N3O3. The SMILES string of the molecule is CCCCNC(=O)N[C@H]1CC(=O)N(c2ccc(OC)cc2)C1. The van der Waals surface area contributed by atoms with Gasteiger partial charge < -0.3 is 20.3 Å². The van der Waals surface area contributed by atoms with Crippen molar-refractivity contribution in [2.75, 3.05) is 25.1 Å². The Kier molecular flexibility index (Phi) is 5.63. The van der Waals surface area contributed by atoms with Gasteiger partial charge in [0.1, 0.15) is 5.75 Å². The molecule has 1 aliphatic rings. The molecule has 0 saturated carbocycles. The molecule has 0 radical (unpaired) electrons. The van der Waals surface area contributed by atoms with Crippen LogP contribution in [0.3, 0.4) is 0 Å². The zero-order valence-corrected chi connectivity index (χ0v) is 13.1. The third-order valence-electron chi connectivity index (χ3n) is 3.66. The lowest BCUT2D eigenvalue weighted by atomic mass is 10.2. The van der Waals surface area contributed by atoms with Crippen molar-refractivity contribution in [2.24, 2.45) is 0 Å². The maximum Gasteiger partial charge on any atom is 0.315 e. The highest BCUT2D eigenvalue weighted by Crippen LogP contribution is 2.24. The fourth-order valence-corrected chi connectivity index (χ4v) is 2.43. The first-order valence-electron chi connectivity index (χ1n) is 7.62. The van der Waals surface area contributed by atoms with Crippen LogP contribution in [-0.4, -0.2) is 38.2 Å². The standard InChI is InChI=1S/C16H23N3O3/c1-3-4-9-17-16(21)18-12-10-15(20)19(11-12)13-5-7-14(22-2)8-6-13/h5-8,12H,3-4,9-11H2,1-2H3,(H2,17,18,21)/t12-/m0/s1. The lowest BCUT2D eigenvalue weighted by molar-refractivity contribution is -0.117. The molecule has 120 valence electrons. The molecule has 1 aliphatic heterocycles. The summed E-state index contributed by atoms with van der Waals surface area (Å²) < 4.78 is 5.11. The number of rotatable bonds is 6. The average molecular weight is 305 g/mol. The van der Waals surface area contributed by atoms with Gasteiger partial charge in [-0.15, -0.1) is 0 Å². The summed E-state index contributed by atoms with van der Waals surface area (Å²) in [4.78, 5) is 25.5. The summed E-state index contributed by atoms with van der Waals surface area (Å²) in [5.74, 6) is 0.768. The summed E-state index contributed by atoms with van der Waals surface area (Å²) in [6.45, 7) is 3.22. The molecule has 0 spiro atoms. The number of benzene rings is 1. The van der Waals surface area contributed by atoms with Crippen molar-refractivity contribution < 1.29 is 14.3 Å². The van der Waals surface area contributed by atoms with E-state index in [4.69, 9.17) is 4.74 Å². The van der Waals surface area contributed by atoms with Crippen LogP contribution in [0.1, 0.15) is 26.2 Å². The largest absolute Gasteiger partial charge is 0.497 e. The van der Waals surface area contributed by atoms with Crippen LogP contribution in [0.25, 0.3) is 0 Å². The predicted octanol–water partition coefficient (Wildman–Crippen LogP) is 1.90. The molecule has 6 heteroatoms. The van der Waals surface area contributed by atoms with Crippen molar-refractivity contribution >= 4 is 17.6 Å². The third-order valence-corrected chi connectivity index (χ3v) is 3.66. The van der Waals surface area contributed by atoms with Gasteiger partial charge >= 0.3 is 6.03 Å². The summed E-state index contributed by atoms with van der Waals surface area (Å²) in [5.41, 5.74) is 0.821. The Morgan fingerprint density at radius 1 is 1.36 bits per heavy atom. The van der Waals surface area contributed by atoms with Gasteiger partial charge in [0.2, 0.25) is 5.91 Å². The fourth-order valence-electron chi connectivity index (χ4n) is 2.43. The summed E-state index contributed by atoms with van der Waals surface area (Å²) in [7, 11) is 1.60. The van der Waals surface area contributed by atoms with Crippen molar-refractivity contribution in [1.82, 2.24) is 10.6 Å². The number of nitrogens with one attached hydrogen (secondary N) is 2. The summed E-state index contributed by atoms with van der Waals surface area (Å²) in [5, 5.41) is 5.65. The Labute approximate surface area is 130 Å². The van der Waals surface area contributed by atoms with E-state index in [2.05, 4.69) is 17.6 Å². The number of methoxy groups -OCH3 is 1. The van der Waals surface area contributed by atoms with Gasteiger partial charge in [-0.1, -0.05) is 13.3 Å². The van der Waals surface area contributed by atoms with Crippen molar-refractivity contribution in [3.05, 3.63) is 24.3 Å². The van der Waals surface area contributed by atoms with E-state index in [1.54, 1.807) is 12.0 Å². The molecule has 1 saturated heterocycles. The molecule has 2 rings (SSSR count). The maximum atomic E-state index is 12.1. The van der Waals surface area contributed by atoms with Crippen molar-refractivity contribution in [2.45, 2.75) is 32.2 Å². The van der Waals surface area contributed by atoms with Crippen molar-refractivity contribution in [1.29, 1.82) is 0 Å². The van der Waals surface area contributed by atoms with Crippen molar-refractivity contribution in [3.8, 4) is 5.75 Å². The van der Waals surface area contributed by atoms with E-state index in [0.29, 0.717) is 19.5 Å². The van der Waals surface area contributed by atoms with E-state index in [1.807, 2.05) is 24.3 Å². The molecule has 1 aromatic rings. The smallest absolute Gasteiger partial charge is 0.315 e. The van der Waals surface area contributed by atoms with E-state index in [1.165, 1.54) is 0 Å². The van der Waals surface area contributed by atoms with Crippen LogP contribution in [0, 0.1) is 0 Å². The number of anilines is 1. The zero-order chi connectivity index (χ0) is 15.9. The predicted molar refractivity (Wildman–Crippen MR) is 85.2 cm³/mol. The van der Waals surface area contributed by atoms with Gasteiger partial charge in [0.05, 0.1) is 13.2 Å². The van der Waals surface area contributed by atoms with Gasteiger partial charge in [-0.2, -0.15) is 0 Å². The Bertz CT molecular complexity index is 516. The Morgan fingerprint density at radius 2 is 2.09 bits per heavy atom. The molecule has 6 nitrogen and oxygen atoms in total. The van der Waals surface area contributed by atoms with Crippen LogP contribution in [0.15, 0.2) is 24.3 Å². The second-order valence-electron chi connectivity index (χ2n) is 5.36. The van der Waals surface area contributed by atoms with Crippen LogP contribution in [0.5, 0.6) is 5.75 Å². The van der Waals surface area contributed by atoms with E-state index in [-0.39, 0.29) is 18.0 Å². The number of nitrogens with zero attached hydrogens (tertiary/aromatic N) is 1. The van der Waals surface area contributed by atoms with Crippen LogP contribution >= 0.6 is 0 Å². The van der Waals surface area contributed by atoms with Crippen molar-refractivity contribution in [3.63, 3.8) is 0 Å². The molecule has 0 aromatic heterocycles. The van der Waals surface area contributed by atoms with E-state index >= 15 is 0 Å². The number of hydrogen-bond donors (Lipinski definition) is 2.